The molecule has 0 radical (unpaired) electrons. The minimum Gasteiger partial charge on any atom is -0.207 e. The zero-order chi connectivity index (χ0) is 13.1. The van der Waals surface area contributed by atoms with Crippen LogP contribution in [0.3, 0.4) is 0 Å². The molecule has 0 saturated heterocycles. The average Bonchev–Trinajstić information content (AvgIpc) is 2.35. The molecule has 1 atom stereocenters. The topological polar surface area (TPSA) is 0 Å². The molecule has 18 heavy (non-hydrogen) atoms. The largest absolute Gasteiger partial charge is 0.207 e. The van der Waals surface area contributed by atoms with Crippen molar-refractivity contribution >= 4 is 43.5 Å². The Morgan fingerprint density at radius 2 is 1.78 bits per heavy atom. The lowest BCUT2D eigenvalue weighted by atomic mass is 10.0. The van der Waals surface area contributed by atoms with Crippen LogP contribution in [0.2, 0.25) is 5.02 Å². The molecule has 0 spiro atoms. The van der Waals surface area contributed by atoms with Gasteiger partial charge >= 0.3 is 0 Å². The van der Waals surface area contributed by atoms with E-state index in [1.807, 2.05) is 24.3 Å². The predicted octanol–water partition coefficient (Wildman–Crippen LogP) is 5.92. The molecule has 0 fully saturated rings. The molecule has 0 nitrogen and oxygen atoms in total. The van der Waals surface area contributed by atoms with Crippen molar-refractivity contribution in [2.45, 2.75) is 11.2 Å². The van der Waals surface area contributed by atoms with E-state index in [1.165, 1.54) is 6.07 Å². The summed E-state index contributed by atoms with van der Waals surface area (Å²) in [5.41, 5.74) is 1.76. The van der Waals surface area contributed by atoms with E-state index in [9.17, 15) is 4.39 Å². The first-order valence-corrected chi connectivity index (χ1v) is 7.48. The molecule has 0 N–H and O–H groups in total. The number of rotatable bonds is 3. The van der Waals surface area contributed by atoms with Gasteiger partial charge in [-0.25, -0.2) is 4.39 Å². The van der Waals surface area contributed by atoms with E-state index in [0.29, 0.717) is 17.0 Å². The molecule has 0 aliphatic carbocycles. The Morgan fingerprint density at radius 3 is 2.44 bits per heavy atom. The molecule has 0 amide bonds. The molecule has 2 rings (SSSR count). The van der Waals surface area contributed by atoms with Crippen molar-refractivity contribution in [3.8, 4) is 0 Å². The standard InChI is InChI=1S/C14H10Br2ClF/c15-10-3-6-14(18)12(8-10)13(16)7-9-1-4-11(17)5-2-9/h1-6,8,13H,7H2. The van der Waals surface area contributed by atoms with Gasteiger partial charge in [-0.15, -0.1) is 0 Å². The third-order valence-corrected chi connectivity index (χ3v) is 4.19. The lowest BCUT2D eigenvalue weighted by Crippen LogP contribution is -1.98. The van der Waals surface area contributed by atoms with Crippen molar-refractivity contribution in [2.24, 2.45) is 0 Å². The van der Waals surface area contributed by atoms with Gasteiger partial charge in [-0.2, -0.15) is 0 Å². The van der Waals surface area contributed by atoms with Crippen LogP contribution in [0.1, 0.15) is 16.0 Å². The minimum atomic E-state index is -0.200. The first-order valence-electron chi connectivity index (χ1n) is 5.40. The van der Waals surface area contributed by atoms with Gasteiger partial charge in [-0.3, -0.25) is 0 Å². The van der Waals surface area contributed by atoms with Gasteiger partial charge < -0.3 is 0 Å². The summed E-state index contributed by atoms with van der Waals surface area (Å²) in [6.45, 7) is 0. The highest BCUT2D eigenvalue weighted by atomic mass is 79.9. The van der Waals surface area contributed by atoms with E-state index in [4.69, 9.17) is 11.6 Å². The molecule has 0 bridgehead atoms. The number of benzene rings is 2. The number of hydrogen-bond donors (Lipinski definition) is 0. The summed E-state index contributed by atoms with van der Waals surface area (Å²) in [5.74, 6) is -0.200. The number of hydrogen-bond acceptors (Lipinski definition) is 0. The van der Waals surface area contributed by atoms with Crippen molar-refractivity contribution in [1.82, 2.24) is 0 Å². The molecule has 2 aromatic rings. The second kappa shape index (κ2) is 6.18. The van der Waals surface area contributed by atoms with Crippen LogP contribution in [0, 0.1) is 5.82 Å². The van der Waals surface area contributed by atoms with Crippen LogP contribution in [-0.2, 0) is 6.42 Å². The van der Waals surface area contributed by atoms with Crippen molar-refractivity contribution in [2.75, 3.05) is 0 Å². The monoisotopic (exact) mass is 390 g/mol. The van der Waals surface area contributed by atoms with Crippen molar-refractivity contribution in [1.29, 1.82) is 0 Å². The fourth-order valence-electron chi connectivity index (χ4n) is 1.69. The fourth-order valence-corrected chi connectivity index (χ4v) is 2.92. The van der Waals surface area contributed by atoms with Gasteiger partial charge in [0.2, 0.25) is 0 Å². The Morgan fingerprint density at radius 1 is 1.11 bits per heavy atom. The molecule has 94 valence electrons. The molecule has 0 saturated carbocycles. The summed E-state index contributed by atoms with van der Waals surface area (Å²) < 4.78 is 14.6. The molecular weight excluding hydrogens is 382 g/mol. The average molecular weight is 392 g/mol. The maximum absolute atomic E-state index is 13.7. The SMILES string of the molecule is Fc1ccc(Br)cc1C(Br)Cc1ccc(Cl)cc1. The highest BCUT2D eigenvalue weighted by Gasteiger charge is 2.13. The van der Waals surface area contributed by atoms with Gasteiger partial charge in [0.05, 0.1) is 0 Å². The van der Waals surface area contributed by atoms with Crippen LogP contribution in [0.4, 0.5) is 4.39 Å². The second-order valence-corrected chi connectivity index (χ2v) is 6.42. The molecule has 0 aliphatic heterocycles. The Kier molecular flexibility index (Phi) is 4.82. The highest BCUT2D eigenvalue weighted by molar-refractivity contribution is 9.10. The van der Waals surface area contributed by atoms with Gasteiger partial charge in [-0.05, 0) is 42.3 Å². The lowest BCUT2D eigenvalue weighted by molar-refractivity contribution is 0.607. The van der Waals surface area contributed by atoms with Crippen LogP contribution < -0.4 is 0 Å². The second-order valence-electron chi connectivity index (χ2n) is 3.96. The Balaban J connectivity index is 2.18. The van der Waals surface area contributed by atoms with E-state index in [1.54, 1.807) is 12.1 Å². The lowest BCUT2D eigenvalue weighted by Gasteiger charge is -2.12. The van der Waals surface area contributed by atoms with Crippen LogP contribution in [0.15, 0.2) is 46.9 Å². The first kappa shape index (κ1) is 14.0. The van der Waals surface area contributed by atoms with Gasteiger partial charge in [0.15, 0.2) is 0 Å². The summed E-state index contributed by atoms with van der Waals surface area (Å²) in [5, 5.41) is 0.707. The third kappa shape index (κ3) is 3.56. The smallest absolute Gasteiger partial charge is 0.127 e. The van der Waals surface area contributed by atoms with E-state index >= 15 is 0 Å². The Labute approximate surface area is 127 Å². The zero-order valence-electron chi connectivity index (χ0n) is 9.34. The Bertz CT molecular complexity index is 540. The number of halogens is 4. The van der Waals surface area contributed by atoms with Crippen molar-refractivity contribution in [3.63, 3.8) is 0 Å². The van der Waals surface area contributed by atoms with E-state index in [2.05, 4.69) is 31.9 Å². The molecule has 0 aromatic heterocycles. The quantitative estimate of drug-likeness (QED) is 0.569. The van der Waals surface area contributed by atoms with Gasteiger partial charge in [-0.1, -0.05) is 55.6 Å². The Hall–Kier alpha value is -0.380. The van der Waals surface area contributed by atoms with E-state index in [0.717, 1.165) is 10.0 Å². The third-order valence-electron chi connectivity index (χ3n) is 2.62. The first-order chi connectivity index (χ1) is 8.56. The molecule has 2 aromatic carbocycles. The maximum Gasteiger partial charge on any atom is 0.127 e. The molecule has 4 heteroatoms. The van der Waals surface area contributed by atoms with Crippen LogP contribution >= 0.6 is 43.5 Å². The molecule has 1 unspecified atom stereocenters. The van der Waals surface area contributed by atoms with Gasteiger partial charge in [0.1, 0.15) is 5.82 Å². The minimum absolute atomic E-state index is 0.0591. The predicted molar refractivity (Wildman–Crippen MR) is 80.9 cm³/mol. The van der Waals surface area contributed by atoms with Crippen molar-refractivity contribution in [3.05, 3.63) is 68.9 Å². The highest BCUT2D eigenvalue weighted by Crippen LogP contribution is 2.31. The molecular formula is C14H10Br2ClF. The summed E-state index contributed by atoms with van der Waals surface area (Å²) in [7, 11) is 0. The van der Waals surface area contributed by atoms with Gasteiger partial charge in [0.25, 0.3) is 0 Å². The van der Waals surface area contributed by atoms with Crippen LogP contribution in [0.25, 0.3) is 0 Å². The van der Waals surface area contributed by atoms with Crippen LogP contribution in [-0.4, -0.2) is 0 Å². The molecule has 0 heterocycles. The van der Waals surface area contributed by atoms with E-state index in [-0.39, 0.29) is 10.6 Å². The van der Waals surface area contributed by atoms with Crippen LogP contribution in [0.5, 0.6) is 0 Å². The fraction of sp³-hybridized carbons (Fsp3) is 0.143. The maximum atomic E-state index is 13.7. The molecule has 0 aliphatic rings. The van der Waals surface area contributed by atoms with Crippen molar-refractivity contribution < 1.29 is 4.39 Å². The summed E-state index contributed by atoms with van der Waals surface area (Å²) >= 11 is 12.7. The van der Waals surface area contributed by atoms with E-state index < -0.39 is 0 Å². The number of alkyl halides is 1. The summed E-state index contributed by atoms with van der Waals surface area (Å²) in [4.78, 5) is -0.0591. The normalized spacial score (nSPS) is 12.4. The summed E-state index contributed by atoms with van der Waals surface area (Å²) in [6, 6.07) is 12.5. The summed E-state index contributed by atoms with van der Waals surface area (Å²) in [6.07, 6.45) is 0.713. The van der Waals surface area contributed by atoms with Gasteiger partial charge in [0, 0.05) is 19.9 Å². The zero-order valence-corrected chi connectivity index (χ0v) is 13.3.